The van der Waals surface area contributed by atoms with Crippen molar-refractivity contribution >= 4 is 0 Å². The van der Waals surface area contributed by atoms with Gasteiger partial charge in [0.2, 0.25) is 0 Å². The Kier molecular flexibility index (Phi) is 5.93. The molecule has 0 aliphatic heterocycles. The van der Waals surface area contributed by atoms with Gasteiger partial charge >= 0.3 is 0 Å². The van der Waals surface area contributed by atoms with Crippen molar-refractivity contribution in [3.63, 3.8) is 0 Å². The van der Waals surface area contributed by atoms with Crippen molar-refractivity contribution in [3.8, 4) is 0 Å². The molecule has 0 aromatic rings. The van der Waals surface area contributed by atoms with Crippen LogP contribution >= 0.6 is 0 Å². The van der Waals surface area contributed by atoms with Crippen molar-refractivity contribution in [2.45, 2.75) is 19.1 Å². The van der Waals surface area contributed by atoms with E-state index in [-0.39, 0.29) is 6.29 Å². The topological polar surface area (TPSA) is 42.3 Å². The largest absolute Gasteiger partial charge is 0.356 e. The number of rotatable bonds is 5. The minimum atomic E-state index is -0.115. The monoisotopic (exact) mass is 132 g/mol. The van der Waals surface area contributed by atoms with Gasteiger partial charge in [0.05, 0.1) is 0 Å². The fraction of sp³-hybridized carbons (Fsp3) is 1.00. The molecule has 0 atom stereocenters. The standard InChI is InChI=1S/C6H14NO2/c1-8-6(9-2)4-3-5-7/h6-7H,3-5H2,1-2H3. The Balaban J connectivity index is 3.09. The Morgan fingerprint density at radius 3 is 2.22 bits per heavy atom. The second kappa shape index (κ2) is 6.01. The predicted octanol–water partition coefficient (Wildman–Crippen LogP) is 0.668. The van der Waals surface area contributed by atoms with Crippen LogP contribution in [0, 0.1) is 0 Å². The summed E-state index contributed by atoms with van der Waals surface area (Å²) in [7, 11) is 3.22. The summed E-state index contributed by atoms with van der Waals surface area (Å²) in [6, 6.07) is 0. The minimum absolute atomic E-state index is 0.115. The summed E-state index contributed by atoms with van der Waals surface area (Å²) in [5, 5.41) is 0. The zero-order valence-corrected chi connectivity index (χ0v) is 6.02. The quantitative estimate of drug-likeness (QED) is 0.516. The summed E-state index contributed by atoms with van der Waals surface area (Å²) in [5.74, 6) is 0. The van der Waals surface area contributed by atoms with Crippen molar-refractivity contribution in [2.75, 3.05) is 20.8 Å². The van der Waals surface area contributed by atoms with Crippen molar-refractivity contribution in [1.82, 2.24) is 5.73 Å². The van der Waals surface area contributed by atoms with Crippen molar-refractivity contribution in [2.24, 2.45) is 0 Å². The van der Waals surface area contributed by atoms with Gasteiger partial charge in [-0.25, -0.2) is 0 Å². The van der Waals surface area contributed by atoms with Gasteiger partial charge in [0, 0.05) is 20.8 Å². The molecule has 0 saturated carbocycles. The average molecular weight is 132 g/mol. The van der Waals surface area contributed by atoms with Crippen LogP contribution in [0.25, 0.3) is 0 Å². The van der Waals surface area contributed by atoms with Gasteiger partial charge < -0.3 is 9.47 Å². The smallest absolute Gasteiger partial charge is 0.156 e. The van der Waals surface area contributed by atoms with Crippen LogP contribution in [0.1, 0.15) is 12.8 Å². The van der Waals surface area contributed by atoms with E-state index in [2.05, 4.69) is 0 Å². The van der Waals surface area contributed by atoms with E-state index in [9.17, 15) is 0 Å². The lowest BCUT2D eigenvalue weighted by Crippen LogP contribution is -2.13. The van der Waals surface area contributed by atoms with Gasteiger partial charge in [-0.15, -0.1) is 0 Å². The number of ether oxygens (including phenoxy) is 2. The summed E-state index contributed by atoms with van der Waals surface area (Å²) in [5.41, 5.74) is 6.84. The zero-order chi connectivity index (χ0) is 7.11. The van der Waals surface area contributed by atoms with Gasteiger partial charge in [0.1, 0.15) is 0 Å². The van der Waals surface area contributed by atoms with E-state index < -0.39 is 0 Å². The average Bonchev–Trinajstić information content (AvgIpc) is 1.91. The third kappa shape index (κ3) is 4.39. The first-order valence-electron chi connectivity index (χ1n) is 3.05. The highest BCUT2D eigenvalue weighted by molar-refractivity contribution is 4.43. The molecule has 0 aliphatic rings. The molecule has 0 amide bonds. The fourth-order valence-electron chi connectivity index (χ4n) is 0.601. The van der Waals surface area contributed by atoms with Gasteiger partial charge in [-0.1, -0.05) is 0 Å². The second-order valence-corrected chi connectivity index (χ2v) is 1.79. The maximum absolute atomic E-state index is 6.84. The predicted molar refractivity (Wildman–Crippen MR) is 35.0 cm³/mol. The third-order valence-electron chi connectivity index (χ3n) is 1.14. The van der Waals surface area contributed by atoms with E-state index in [0.717, 1.165) is 12.8 Å². The SMILES string of the molecule is COC(CCC[NH])OC. The van der Waals surface area contributed by atoms with Crippen LogP contribution in [-0.4, -0.2) is 27.1 Å². The number of nitrogens with one attached hydrogen (secondary N) is 1. The van der Waals surface area contributed by atoms with E-state index in [0.29, 0.717) is 6.54 Å². The maximum Gasteiger partial charge on any atom is 0.156 e. The molecule has 0 heterocycles. The van der Waals surface area contributed by atoms with E-state index in [1.165, 1.54) is 0 Å². The molecular formula is C6H14NO2. The van der Waals surface area contributed by atoms with E-state index in [1.807, 2.05) is 0 Å². The highest BCUT2D eigenvalue weighted by atomic mass is 16.7. The Morgan fingerprint density at radius 2 is 1.89 bits per heavy atom. The summed E-state index contributed by atoms with van der Waals surface area (Å²) in [4.78, 5) is 0. The second-order valence-electron chi connectivity index (χ2n) is 1.79. The van der Waals surface area contributed by atoms with Crippen LogP contribution in [0.15, 0.2) is 0 Å². The molecule has 0 rings (SSSR count). The van der Waals surface area contributed by atoms with Gasteiger partial charge in [-0.05, 0) is 12.8 Å². The lowest BCUT2D eigenvalue weighted by Gasteiger charge is -2.11. The Morgan fingerprint density at radius 1 is 1.33 bits per heavy atom. The Bertz CT molecular complexity index is 55.0. The van der Waals surface area contributed by atoms with Crippen LogP contribution in [0.4, 0.5) is 0 Å². The summed E-state index contributed by atoms with van der Waals surface area (Å²) < 4.78 is 9.79. The van der Waals surface area contributed by atoms with Crippen molar-refractivity contribution in [3.05, 3.63) is 0 Å². The number of hydrogen-bond donors (Lipinski definition) is 0. The van der Waals surface area contributed by atoms with E-state index in [1.54, 1.807) is 14.2 Å². The number of hydrogen-bond acceptors (Lipinski definition) is 2. The van der Waals surface area contributed by atoms with Crippen LogP contribution in [0.2, 0.25) is 0 Å². The molecule has 0 aromatic heterocycles. The maximum atomic E-state index is 6.84. The molecule has 3 nitrogen and oxygen atoms in total. The summed E-state index contributed by atoms with van der Waals surface area (Å²) >= 11 is 0. The first-order valence-corrected chi connectivity index (χ1v) is 3.05. The molecule has 0 unspecified atom stereocenters. The highest BCUT2D eigenvalue weighted by Gasteiger charge is 2.01. The lowest BCUT2D eigenvalue weighted by atomic mass is 10.3. The number of methoxy groups -OCH3 is 2. The molecule has 0 spiro atoms. The lowest BCUT2D eigenvalue weighted by molar-refractivity contribution is -0.106. The normalized spacial score (nSPS) is 10.7. The van der Waals surface area contributed by atoms with E-state index in [4.69, 9.17) is 15.2 Å². The molecule has 0 aromatic carbocycles. The minimum Gasteiger partial charge on any atom is -0.356 e. The molecule has 9 heavy (non-hydrogen) atoms. The molecule has 55 valence electrons. The first kappa shape index (κ1) is 8.88. The molecule has 0 saturated heterocycles. The van der Waals surface area contributed by atoms with Gasteiger partial charge in [0.25, 0.3) is 0 Å². The molecule has 3 heteroatoms. The zero-order valence-electron chi connectivity index (χ0n) is 6.02. The Hall–Kier alpha value is -0.120. The molecule has 1 N–H and O–H groups in total. The molecular weight excluding hydrogens is 118 g/mol. The Labute approximate surface area is 56.1 Å². The summed E-state index contributed by atoms with van der Waals surface area (Å²) in [6.07, 6.45) is 1.54. The molecule has 0 bridgehead atoms. The molecule has 1 radical (unpaired) electrons. The summed E-state index contributed by atoms with van der Waals surface area (Å²) in [6.45, 7) is 0.448. The van der Waals surface area contributed by atoms with Crippen LogP contribution in [0.5, 0.6) is 0 Å². The van der Waals surface area contributed by atoms with Crippen LogP contribution < -0.4 is 5.73 Å². The van der Waals surface area contributed by atoms with Gasteiger partial charge in [0.15, 0.2) is 6.29 Å². The molecule has 0 aliphatic carbocycles. The van der Waals surface area contributed by atoms with Crippen molar-refractivity contribution in [1.29, 1.82) is 0 Å². The third-order valence-corrected chi connectivity index (χ3v) is 1.14. The van der Waals surface area contributed by atoms with Crippen LogP contribution in [-0.2, 0) is 9.47 Å². The van der Waals surface area contributed by atoms with Gasteiger partial charge in [-0.3, -0.25) is 5.73 Å². The van der Waals surface area contributed by atoms with Gasteiger partial charge in [-0.2, -0.15) is 0 Å². The van der Waals surface area contributed by atoms with E-state index >= 15 is 0 Å². The fourth-order valence-corrected chi connectivity index (χ4v) is 0.601. The van der Waals surface area contributed by atoms with Crippen molar-refractivity contribution < 1.29 is 9.47 Å². The molecule has 0 fully saturated rings. The highest BCUT2D eigenvalue weighted by Crippen LogP contribution is 1.99. The van der Waals surface area contributed by atoms with Crippen LogP contribution in [0.3, 0.4) is 0 Å². The first-order chi connectivity index (χ1) is 4.35.